The van der Waals surface area contributed by atoms with Crippen LogP contribution in [-0.2, 0) is 6.42 Å². The molecular formula is C13H12N4OS. The van der Waals surface area contributed by atoms with Gasteiger partial charge in [-0.15, -0.1) is 0 Å². The number of nitrogens with zero attached hydrogens (tertiary/aromatic N) is 3. The van der Waals surface area contributed by atoms with Crippen molar-refractivity contribution in [3.8, 4) is 0 Å². The van der Waals surface area contributed by atoms with Gasteiger partial charge < -0.3 is 10.2 Å². The normalized spacial score (nSPS) is 11.0. The summed E-state index contributed by atoms with van der Waals surface area (Å²) in [7, 11) is 0. The Bertz CT molecular complexity index is 647. The van der Waals surface area contributed by atoms with E-state index >= 15 is 0 Å². The van der Waals surface area contributed by atoms with Crippen molar-refractivity contribution in [2.24, 2.45) is 5.73 Å². The average molecular weight is 272 g/mol. The van der Waals surface area contributed by atoms with E-state index in [9.17, 15) is 0 Å². The maximum absolute atomic E-state index is 5.60. The topological polar surface area (TPSA) is 77.8 Å². The second-order valence-electron chi connectivity index (χ2n) is 3.96. The van der Waals surface area contributed by atoms with Gasteiger partial charge in [-0.25, -0.2) is 15.0 Å². The zero-order chi connectivity index (χ0) is 13.1. The van der Waals surface area contributed by atoms with Crippen LogP contribution in [0.1, 0.15) is 5.56 Å². The van der Waals surface area contributed by atoms with Crippen molar-refractivity contribution in [3.63, 3.8) is 0 Å². The molecule has 0 aliphatic carbocycles. The van der Waals surface area contributed by atoms with E-state index in [0.29, 0.717) is 16.9 Å². The van der Waals surface area contributed by atoms with E-state index in [1.165, 1.54) is 11.8 Å². The van der Waals surface area contributed by atoms with Gasteiger partial charge in [-0.1, -0.05) is 12.1 Å². The summed E-state index contributed by atoms with van der Waals surface area (Å²) in [5.41, 5.74) is 8.12. The Labute approximate surface area is 114 Å². The molecule has 0 aliphatic rings. The van der Waals surface area contributed by atoms with Gasteiger partial charge in [0.25, 0.3) is 5.22 Å². The molecule has 0 aliphatic heterocycles. The molecule has 3 aromatic rings. The highest BCUT2D eigenvalue weighted by Gasteiger charge is 2.08. The van der Waals surface area contributed by atoms with Crippen molar-refractivity contribution in [3.05, 3.63) is 42.2 Å². The first-order valence-corrected chi connectivity index (χ1v) is 6.71. The predicted molar refractivity (Wildman–Crippen MR) is 72.9 cm³/mol. The molecule has 6 heteroatoms. The summed E-state index contributed by atoms with van der Waals surface area (Å²) in [6.07, 6.45) is 4.35. The molecule has 0 unspecified atom stereocenters. The quantitative estimate of drug-likeness (QED) is 0.734. The number of nitrogens with two attached hydrogens (primary N) is 1. The lowest BCUT2D eigenvalue weighted by molar-refractivity contribution is 0.488. The summed E-state index contributed by atoms with van der Waals surface area (Å²) in [6.45, 7) is 0.598. The minimum atomic E-state index is 0.549. The Morgan fingerprint density at radius 3 is 2.68 bits per heavy atom. The highest BCUT2D eigenvalue weighted by Crippen LogP contribution is 2.27. The van der Waals surface area contributed by atoms with Crippen LogP contribution in [0.15, 0.2) is 51.5 Å². The van der Waals surface area contributed by atoms with E-state index in [0.717, 1.165) is 23.1 Å². The maximum atomic E-state index is 5.60. The van der Waals surface area contributed by atoms with Crippen LogP contribution in [0, 0.1) is 0 Å². The molecule has 0 fully saturated rings. The first-order valence-electron chi connectivity index (χ1n) is 5.89. The maximum Gasteiger partial charge on any atom is 0.264 e. The number of hydrogen-bond acceptors (Lipinski definition) is 6. The number of rotatable bonds is 4. The van der Waals surface area contributed by atoms with Crippen LogP contribution in [0.3, 0.4) is 0 Å². The summed E-state index contributed by atoms with van der Waals surface area (Å²) in [5.74, 6) is 0. The highest BCUT2D eigenvalue weighted by molar-refractivity contribution is 7.98. The largest absolute Gasteiger partial charge is 0.431 e. The minimum Gasteiger partial charge on any atom is -0.431 e. The van der Waals surface area contributed by atoms with Crippen molar-refractivity contribution in [1.82, 2.24) is 15.0 Å². The van der Waals surface area contributed by atoms with Gasteiger partial charge in [-0.05, 0) is 30.7 Å². The Balaban J connectivity index is 1.80. The number of aromatic nitrogens is 3. The molecule has 2 aromatic heterocycles. The molecule has 2 heterocycles. The summed E-state index contributed by atoms with van der Waals surface area (Å²) >= 11 is 1.31. The first kappa shape index (κ1) is 12.1. The smallest absolute Gasteiger partial charge is 0.264 e. The molecule has 96 valence electrons. The molecule has 2 N–H and O–H groups in total. The Morgan fingerprint density at radius 1 is 1.16 bits per heavy atom. The Kier molecular flexibility index (Phi) is 3.43. The molecule has 19 heavy (non-hydrogen) atoms. The second-order valence-corrected chi connectivity index (χ2v) is 4.88. The summed E-state index contributed by atoms with van der Waals surface area (Å²) in [5, 5.41) is 1.17. The molecule has 0 saturated heterocycles. The molecule has 5 nitrogen and oxygen atoms in total. The third-order valence-corrected chi connectivity index (χ3v) is 3.31. The molecule has 0 atom stereocenters. The van der Waals surface area contributed by atoms with Crippen LogP contribution in [0.25, 0.3) is 11.1 Å². The van der Waals surface area contributed by atoms with E-state index in [2.05, 4.69) is 15.0 Å². The molecule has 0 radical (unpaired) electrons. The standard InChI is InChI=1S/C13H12N4OS/c14-6-5-9-7-15-12(16-8-9)19-13-17-10-3-1-2-4-11(10)18-13/h1-4,7-8H,5-6,14H2. The Hall–Kier alpha value is -1.92. The molecule has 0 saturated carbocycles. The van der Waals surface area contributed by atoms with Gasteiger partial charge in [-0.3, -0.25) is 0 Å². The number of para-hydroxylation sites is 2. The van der Waals surface area contributed by atoms with Gasteiger partial charge in [-0.2, -0.15) is 0 Å². The van der Waals surface area contributed by atoms with E-state index in [4.69, 9.17) is 10.2 Å². The van der Waals surface area contributed by atoms with Gasteiger partial charge in [0.15, 0.2) is 10.7 Å². The number of benzene rings is 1. The number of oxazole rings is 1. The van der Waals surface area contributed by atoms with Crippen LogP contribution in [0.4, 0.5) is 0 Å². The van der Waals surface area contributed by atoms with Crippen LogP contribution in [-0.4, -0.2) is 21.5 Å². The molecule has 0 amide bonds. The van der Waals surface area contributed by atoms with Gasteiger partial charge in [0, 0.05) is 24.2 Å². The predicted octanol–water partition coefficient (Wildman–Crippen LogP) is 2.27. The van der Waals surface area contributed by atoms with Crippen molar-refractivity contribution >= 4 is 22.9 Å². The van der Waals surface area contributed by atoms with Gasteiger partial charge in [0.05, 0.1) is 0 Å². The second kappa shape index (κ2) is 5.38. The SMILES string of the molecule is NCCc1cnc(Sc2nc3ccccc3o2)nc1. The summed E-state index contributed by atoms with van der Waals surface area (Å²) < 4.78 is 5.60. The number of hydrogen-bond donors (Lipinski definition) is 1. The van der Waals surface area contributed by atoms with E-state index in [1.807, 2.05) is 24.3 Å². The monoisotopic (exact) mass is 272 g/mol. The van der Waals surface area contributed by atoms with Crippen LogP contribution >= 0.6 is 11.8 Å². The molecule has 3 rings (SSSR count). The first-order chi connectivity index (χ1) is 9.35. The van der Waals surface area contributed by atoms with Gasteiger partial charge in [0.1, 0.15) is 5.52 Å². The van der Waals surface area contributed by atoms with Crippen LogP contribution in [0.5, 0.6) is 0 Å². The van der Waals surface area contributed by atoms with Gasteiger partial charge in [0.2, 0.25) is 0 Å². The lowest BCUT2D eigenvalue weighted by Crippen LogP contribution is -2.03. The number of fused-ring (bicyclic) bond motifs is 1. The third kappa shape index (κ3) is 2.74. The van der Waals surface area contributed by atoms with Crippen LogP contribution in [0.2, 0.25) is 0 Å². The fourth-order valence-electron chi connectivity index (χ4n) is 1.66. The van der Waals surface area contributed by atoms with E-state index in [1.54, 1.807) is 12.4 Å². The average Bonchev–Trinajstić information content (AvgIpc) is 2.83. The molecule has 1 aromatic carbocycles. The molecular weight excluding hydrogens is 260 g/mol. The van der Waals surface area contributed by atoms with Crippen molar-refractivity contribution in [1.29, 1.82) is 0 Å². The van der Waals surface area contributed by atoms with Crippen molar-refractivity contribution in [2.75, 3.05) is 6.54 Å². The van der Waals surface area contributed by atoms with Gasteiger partial charge >= 0.3 is 0 Å². The Morgan fingerprint density at radius 2 is 1.95 bits per heavy atom. The highest BCUT2D eigenvalue weighted by atomic mass is 32.2. The fraction of sp³-hybridized carbons (Fsp3) is 0.154. The molecule has 0 bridgehead atoms. The van der Waals surface area contributed by atoms with Crippen molar-refractivity contribution in [2.45, 2.75) is 16.8 Å². The molecule has 0 spiro atoms. The summed E-state index contributed by atoms with van der Waals surface area (Å²) in [4.78, 5) is 12.9. The zero-order valence-electron chi connectivity index (χ0n) is 10.1. The van der Waals surface area contributed by atoms with E-state index in [-0.39, 0.29) is 0 Å². The van der Waals surface area contributed by atoms with Crippen molar-refractivity contribution < 1.29 is 4.42 Å². The summed E-state index contributed by atoms with van der Waals surface area (Å²) in [6, 6.07) is 7.64. The zero-order valence-corrected chi connectivity index (χ0v) is 10.9. The van der Waals surface area contributed by atoms with Crippen LogP contribution < -0.4 is 5.73 Å². The van der Waals surface area contributed by atoms with E-state index < -0.39 is 0 Å². The lowest BCUT2D eigenvalue weighted by Gasteiger charge is -1.98. The lowest BCUT2D eigenvalue weighted by atomic mass is 10.2. The minimum absolute atomic E-state index is 0.549. The fourth-order valence-corrected chi connectivity index (χ4v) is 2.31. The third-order valence-electron chi connectivity index (χ3n) is 2.57.